The van der Waals surface area contributed by atoms with Gasteiger partial charge in [0.25, 0.3) is 0 Å². The molecule has 0 saturated carbocycles. The van der Waals surface area contributed by atoms with Gasteiger partial charge in [-0.3, -0.25) is 4.79 Å². The van der Waals surface area contributed by atoms with Crippen LogP contribution in [0.3, 0.4) is 0 Å². The number of aromatic nitrogens is 3. The van der Waals surface area contributed by atoms with E-state index in [2.05, 4.69) is 46.0 Å². The summed E-state index contributed by atoms with van der Waals surface area (Å²) in [7, 11) is 0. The van der Waals surface area contributed by atoms with Crippen molar-refractivity contribution in [2.75, 3.05) is 0 Å². The van der Waals surface area contributed by atoms with Crippen LogP contribution in [0.15, 0.2) is 24.3 Å². The van der Waals surface area contributed by atoms with Crippen LogP contribution in [0.5, 0.6) is 0 Å². The van der Waals surface area contributed by atoms with Gasteiger partial charge < -0.3 is 9.67 Å². The minimum absolute atomic E-state index is 0.320. The van der Waals surface area contributed by atoms with E-state index in [0.717, 1.165) is 18.1 Å². The average Bonchev–Trinajstić information content (AvgIpc) is 2.84. The molecular weight excluding hydrogens is 254 g/mol. The Hall–Kier alpha value is -2.17. The molecule has 3 rings (SSSR count). The van der Waals surface area contributed by atoms with Crippen molar-refractivity contribution in [2.45, 2.75) is 32.7 Å². The lowest BCUT2D eigenvalue weighted by atomic mass is 9.98. The second-order valence-electron chi connectivity index (χ2n) is 5.37. The van der Waals surface area contributed by atoms with Gasteiger partial charge in [0, 0.05) is 19.4 Å². The summed E-state index contributed by atoms with van der Waals surface area (Å²) in [6.07, 6.45) is 1.88. The van der Waals surface area contributed by atoms with Crippen LogP contribution in [-0.2, 0) is 24.2 Å². The molecule has 2 aromatic rings. The van der Waals surface area contributed by atoms with Crippen molar-refractivity contribution in [1.82, 2.24) is 14.8 Å². The third kappa shape index (κ3) is 2.43. The van der Waals surface area contributed by atoms with E-state index in [0.29, 0.717) is 19.4 Å². The van der Waals surface area contributed by atoms with Crippen molar-refractivity contribution >= 4 is 5.97 Å². The zero-order valence-corrected chi connectivity index (χ0v) is 11.4. The van der Waals surface area contributed by atoms with Crippen molar-refractivity contribution in [3.05, 3.63) is 47.0 Å². The third-order valence-corrected chi connectivity index (χ3v) is 3.87. The average molecular weight is 271 g/mol. The van der Waals surface area contributed by atoms with Crippen LogP contribution in [0.2, 0.25) is 0 Å². The van der Waals surface area contributed by atoms with Crippen molar-refractivity contribution in [3.8, 4) is 0 Å². The van der Waals surface area contributed by atoms with Crippen LogP contribution in [0.1, 0.15) is 29.2 Å². The molecule has 2 heterocycles. The minimum atomic E-state index is -0.737. The number of carboxylic acids is 1. The molecular formula is C15H17N3O2. The number of hydrogen-bond acceptors (Lipinski definition) is 3. The maximum Gasteiger partial charge on any atom is 0.307 e. The lowest BCUT2D eigenvalue weighted by Crippen LogP contribution is -2.26. The number of carbonyl (C=O) groups is 1. The predicted octanol–water partition coefficient (Wildman–Crippen LogP) is 1.82. The van der Waals surface area contributed by atoms with Gasteiger partial charge in [-0.15, -0.1) is 10.2 Å². The van der Waals surface area contributed by atoms with Gasteiger partial charge in [0.15, 0.2) is 0 Å². The lowest BCUT2D eigenvalue weighted by molar-refractivity contribution is -0.142. The van der Waals surface area contributed by atoms with Crippen molar-refractivity contribution in [3.63, 3.8) is 0 Å². The topological polar surface area (TPSA) is 68.0 Å². The molecule has 1 N–H and O–H groups in total. The first-order valence-corrected chi connectivity index (χ1v) is 6.83. The largest absolute Gasteiger partial charge is 0.481 e. The third-order valence-electron chi connectivity index (χ3n) is 3.87. The van der Waals surface area contributed by atoms with E-state index in [9.17, 15) is 4.79 Å². The molecule has 5 heteroatoms. The molecule has 0 saturated heterocycles. The van der Waals surface area contributed by atoms with Gasteiger partial charge >= 0.3 is 5.97 Å². The van der Waals surface area contributed by atoms with E-state index in [1.54, 1.807) is 0 Å². The first-order valence-electron chi connectivity index (χ1n) is 6.83. The van der Waals surface area contributed by atoms with Gasteiger partial charge in [0.1, 0.15) is 11.6 Å². The number of aliphatic carboxylic acids is 1. The van der Waals surface area contributed by atoms with Crippen LogP contribution >= 0.6 is 0 Å². The highest BCUT2D eigenvalue weighted by atomic mass is 16.4. The Labute approximate surface area is 117 Å². The first-order chi connectivity index (χ1) is 9.63. The Bertz CT molecular complexity index is 631. The summed E-state index contributed by atoms with van der Waals surface area (Å²) in [6, 6.07) is 8.37. The zero-order valence-electron chi connectivity index (χ0n) is 11.4. The highest BCUT2D eigenvalue weighted by Gasteiger charge is 2.27. The van der Waals surface area contributed by atoms with Crippen molar-refractivity contribution in [2.24, 2.45) is 5.92 Å². The van der Waals surface area contributed by atoms with E-state index in [1.807, 2.05) is 0 Å². The van der Waals surface area contributed by atoms with Crippen molar-refractivity contribution < 1.29 is 9.90 Å². The number of nitrogens with zero attached hydrogens (tertiary/aromatic N) is 3. The van der Waals surface area contributed by atoms with Crippen molar-refractivity contribution in [1.29, 1.82) is 0 Å². The van der Waals surface area contributed by atoms with E-state index in [-0.39, 0.29) is 5.92 Å². The molecule has 1 aliphatic heterocycles. The molecule has 5 nitrogen and oxygen atoms in total. The summed E-state index contributed by atoms with van der Waals surface area (Å²) in [5, 5.41) is 17.5. The van der Waals surface area contributed by atoms with Gasteiger partial charge in [-0.05, 0) is 18.9 Å². The fourth-order valence-electron chi connectivity index (χ4n) is 2.62. The van der Waals surface area contributed by atoms with Gasteiger partial charge in [-0.1, -0.05) is 29.8 Å². The Morgan fingerprint density at radius 2 is 2.10 bits per heavy atom. The molecule has 0 aliphatic carbocycles. The predicted molar refractivity (Wildman–Crippen MR) is 73.5 cm³/mol. The second-order valence-corrected chi connectivity index (χ2v) is 5.37. The van der Waals surface area contributed by atoms with Crippen LogP contribution in [0.25, 0.3) is 0 Å². The number of rotatable bonds is 3. The summed E-state index contributed by atoms with van der Waals surface area (Å²) in [5.74, 6) is 0.664. The van der Waals surface area contributed by atoms with Gasteiger partial charge in [0.2, 0.25) is 0 Å². The highest BCUT2D eigenvalue weighted by molar-refractivity contribution is 5.70. The van der Waals surface area contributed by atoms with E-state index < -0.39 is 5.97 Å². The monoisotopic (exact) mass is 271 g/mol. The standard InChI is InChI=1S/C15H17N3O2/c1-10-2-4-11(5-3-10)8-13-16-17-14-9-12(15(19)20)6-7-18(13)14/h2-5,12H,6-9H2,1H3,(H,19,20). The molecule has 1 atom stereocenters. The Kier molecular flexibility index (Phi) is 3.26. The van der Waals surface area contributed by atoms with Gasteiger partial charge in [-0.25, -0.2) is 0 Å². The Morgan fingerprint density at radius 1 is 1.35 bits per heavy atom. The molecule has 1 unspecified atom stereocenters. The molecule has 0 fully saturated rings. The number of fused-ring (bicyclic) bond motifs is 1. The number of carboxylic acid groups (broad SMARTS) is 1. The maximum atomic E-state index is 11.0. The summed E-state index contributed by atoms with van der Waals surface area (Å²) in [4.78, 5) is 11.0. The number of aryl methyl sites for hydroxylation is 1. The van der Waals surface area contributed by atoms with E-state index >= 15 is 0 Å². The summed E-state index contributed by atoms with van der Waals surface area (Å²) < 4.78 is 2.07. The minimum Gasteiger partial charge on any atom is -0.481 e. The van der Waals surface area contributed by atoms with Crippen LogP contribution < -0.4 is 0 Å². The molecule has 1 aromatic heterocycles. The number of hydrogen-bond donors (Lipinski definition) is 1. The summed E-state index contributed by atoms with van der Waals surface area (Å²) in [6.45, 7) is 2.76. The molecule has 0 radical (unpaired) electrons. The molecule has 104 valence electrons. The van der Waals surface area contributed by atoms with E-state index in [1.165, 1.54) is 11.1 Å². The van der Waals surface area contributed by atoms with E-state index in [4.69, 9.17) is 5.11 Å². The first kappa shape index (κ1) is 12.8. The van der Waals surface area contributed by atoms with Crippen LogP contribution in [0.4, 0.5) is 0 Å². The number of benzene rings is 1. The maximum absolute atomic E-state index is 11.0. The van der Waals surface area contributed by atoms with Gasteiger partial charge in [-0.2, -0.15) is 0 Å². The molecule has 0 bridgehead atoms. The fraction of sp³-hybridized carbons (Fsp3) is 0.400. The molecule has 0 spiro atoms. The molecule has 1 aromatic carbocycles. The quantitative estimate of drug-likeness (QED) is 0.924. The lowest BCUT2D eigenvalue weighted by Gasteiger charge is -2.20. The molecule has 1 aliphatic rings. The molecule has 20 heavy (non-hydrogen) atoms. The zero-order chi connectivity index (χ0) is 14.1. The normalized spacial score (nSPS) is 17.8. The fourth-order valence-corrected chi connectivity index (χ4v) is 2.62. The smallest absolute Gasteiger partial charge is 0.307 e. The van der Waals surface area contributed by atoms with Crippen LogP contribution in [0, 0.1) is 12.8 Å². The Morgan fingerprint density at radius 3 is 2.80 bits per heavy atom. The summed E-state index contributed by atoms with van der Waals surface area (Å²) in [5.41, 5.74) is 2.44. The highest BCUT2D eigenvalue weighted by Crippen LogP contribution is 2.21. The van der Waals surface area contributed by atoms with Crippen LogP contribution in [-0.4, -0.2) is 25.8 Å². The Balaban J connectivity index is 1.80. The van der Waals surface area contributed by atoms with Gasteiger partial charge in [0.05, 0.1) is 5.92 Å². The molecule has 0 amide bonds. The second kappa shape index (κ2) is 5.07. The summed E-state index contributed by atoms with van der Waals surface area (Å²) >= 11 is 0. The SMILES string of the molecule is Cc1ccc(Cc2nnc3n2CCC(C(=O)O)C3)cc1.